The molecule has 1 aromatic heterocycles. The summed E-state index contributed by atoms with van der Waals surface area (Å²) in [6.45, 7) is 2.46. The van der Waals surface area contributed by atoms with Crippen molar-refractivity contribution in [3.8, 4) is 0 Å². The number of hydrogen-bond donors (Lipinski definition) is 1. The number of carbonyl (C=O) groups is 3. The molecular weight excluding hydrogens is 408 g/mol. The molecule has 0 radical (unpaired) electrons. The summed E-state index contributed by atoms with van der Waals surface area (Å²) < 4.78 is 5.88. The van der Waals surface area contributed by atoms with E-state index < -0.39 is 17.5 Å². The highest BCUT2D eigenvalue weighted by Gasteiger charge is 2.49. The first-order valence-electron chi connectivity index (χ1n) is 10.8. The molecular formula is C24H24N4O4. The number of amides is 4. The average Bonchev–Trinajstić information content (AvgIpc) is 3.35. The van der Waals surface area contributed by atoms with E-state index in [0.29, 0.717) is 24.5 Å². The Bertz CT molecular complexity index is 1150. The first-order chi connectivity index (χ1) is 15.5. The van der Waals surface area contributed by atoms with Crippen LogP contribution in [0, 0.1) is 0 Å². The standard InChI is InChI=1S/C24H24N4O4/c1-24(17-7-3-2-4-8-17)22(30)28(23(31)26-24)15-20(29)27-13-11-16(12-14-27)21-25-18-9-5-6-10-19(18)32-21/h2-10,16H,11-15H2,1H3,(H,26,31)/t24-/m0/s1. The van der Waals surface area contributed by atoms with Gasteiger partial charge in [-0.05, 0) is 37.5 Å². The molecule has 5 rings (SSSR count). The largest absolute Gasteiger partial charge is 0.440 e. The van der Waals surface area contributed by atoms with Crippen LogP contribution in [0.1, 0.15) is 37.1 Å². The monoisotopic (exact) mass is 432 g/mol. The number of aromatic nitrogens is 1. The predicted octanol–water partition coefficient (Wildman–Crippen LogP) is 3.00. The Hall–Kier alpha value is -3.68. The van der Waals surface area contributed by atoms with Crippen molar-refractivity contribution in [3.63, 3.8) is 0 Å². The van der Waals surface area contributed by atoms with Crippen molar-refractivity contribution in [2.75, 3.05) is 19.6 Å². The van der Waals surface area contributed by atoms with Gasteiger partial charge in [0, 0.05) is 19.0 Å². The quantitative estimate of drug-likeness (QED) is 0.640. The minimum atomic E-state index is -1.17. The highest BCUT2D eigenvalue weighted by molar-refractivity contribution is 6.09. The molecule has 0 spiro atoms. The molecule has 3 heterocycles. The van der Waals surface area contributed by atoms with Crippen molar-refractivity contribution < 1.29 is 18.8 Å². The first kappa shape index (κ1) is 20.2. The number of rotatable bonds is 4. The Morgan fingerprint density at radius 2 is 1.78 bits per heavy atom. The fourth-order valence-electron chi connectivity index (χ4n) is 4.48. The van der Waals surface area contributed by atoms with Crippen LogP contribution in [0.4, 0.5) is 4.79 Å². The molecule has 2 saturated heterocycles. The van der Waals surface area contributed by atoms with Crippen LogP contribution in [0.3, 0.4) is 0 Å². The Morgan fingerprint density at radius 1 is 1.09 bits per heavy atom. The van der Waals surface area contributed by atoms with Crippen LogP contribution in [0.15, 0.2) is 59.0 Å². The van der Waals surface area contributed by atoms with Crippen LogP contribution in [0.2, 0.25) is 0 Å². The van der Waals surface area contributed by atoms with Crippen LogP contribution in [0.5, 0.6) is 0 Å². The molecule has 1 N–H and O–H groups in total. The molecule has 2 fully saturated rings. The second-order valence-electron chi connectivity index (χ2n) is 8.49. The third-order valence-corrected chi connectivity index (χ3v) is 6.43. The van der Waals surface area contributed by atoms with Crippen molar-refractivity contribution in [1.82, 2.24) is 20.1 Å². The summed E-state index contributed by atoms with van der Waals surface area (Å²) in [4.78, 5) is 45.7. The minimum absolute atomic E-state index is 0.143. The highest BCUT2D eigenvalue weighted by atomic mass is 16.3. The van der Waals surface area contributed by atoms with Crippen LogP contribution in [-0.4, -0.2) is 52.3 Å². The van der Waals surface area contributed by atoms with Gasteiger partial charge in [0.1, 0.15) is 17.6 Å². The molecule has 0 unspecified atom stereocenters. The van der Waals surface area contributed by atoms with Crippen molar-refractivity contribution in [2.24, 2.45) is 0 Å². The molecule has 1 atom stereocenters. The van der Waals surface area contributed by atoms with E-state index in [2.05, 4.69) is 10.3 Å². The average molecular weight is 432 g/mol. The summed E-state index contributed by atoms with van der Waals surface area (Å²) in [6.07, 6.45) is 1.45. The van der Waals surface area contributed by atoms with Crippen molar-refractivity contribution in [2.45, 2.75) is 31.2 Å². The Labute approximate surface area is 185 Å². The van der Waals surface area contributed by atoms with Crippen LogP contribution < -0.4 is 5.32 Å². The van der Waals surface area contributed by atoms with E-state index in [-0.39, 0.29) is 18.4 Å². The van der Waals surface area contributed by atoms with Crippen LogP contribution in [-0.2, 0) is 15.1 Å². The molecule has 0 bridgehead atoms. The fourth-order valence-corrected chi connectivity index (χ4v) is 4.48. The van der Waals surface area contributed by atoms with Gasteiger partial charge in [0.05, 0.1) is 0 Å². The van der Waals surface area contributed by atoms with E-state index in [1.807, 2.05) is 42.5 Å². The summed E-state index contributed by atoms with van der Waals surface area (Å²) in [6, 6.07) is 16.2. The van der Waals surface area contributed by atoms with Crippen molar-refractivity contribution in [1.29, 1.82) is 0 Å². The van der Waals surface area contributed by atoms with Gasteiger partial charge in [-0.25, -0.2) is 9.78 Å². The van der Waals surface area contributed by atoms with Crippen LogP contribution >= 0.6 is 0 Å². The summed E-state index contributed by atoms with van der Waals surface area (Å²) >= 11 is 0. The highest BCUT2D eigenvalue weighted by Crippen LogP contribution is 2.31. The third kappa shape index (κ3) is 3.41. The number of likely N-dealkylation sites (tertiary alicyclic amines) is 1. The minimum Gasteiger partial charge on any atom is -0.440 e. The van der Waals surface area contributed by atoms with Gasteiger partial charge in [0.2, 0.25) is 5.91 Å². The normalized spacial score (nSPS) is 21.9. The SMILES string of the molecule is C[C@@]1(c2ccccc2)NC(=O)N(CC(=O)N2CCC(c3nc4ccccc4o3)CC2)C1=O. The summed E-state index contributed by atoms with van der Waals surface area (Å²) in [5.41, 5.74) is 1.12. The van der Waals surface area contributed by atoms with Gasteiger partial charge in [0.25, 0.3) is 5.91 Å². The second kappa shape index (κ2) is 7.78. The van der Waals surface area contributed by atoms with Gasteiger partial charge in [0.15, 0.2) is 11.5 Å². The number of benzene rings is 2. The zero-order valence-electron chi connectivity index (χ0n) is 17.8. The maximum absolute atomic E-state index is 13.0. The number of fused-ring (bicyclic) bond motifs is 1. The van der Waals surface area contributed by atoms with Gasteiger partial charge in [-0.2, -0.15) is 0 Å². The van der Waals surface area contributed by atoms with Gasteiger partial charge >= 0.3 is 6.03 Å². The Kier molecular flexibility index (Phi) is 4.92. The lowest BCUT2D eigenvalue weighted by molar-refractivity contribution is -0.139. The molecule has 2 aromatic carbocycles. The Balaban J connectivity index is 1.22. The maximum Gasteiger partial charge on any atom is 0.325 e. The maximum atomic E-state index is 13.0. The molecule has 2 aliphatic rings. The molecule has 8 nitrogen and oxygen atoms in total. The number of oxazole rings is 1. The summed E-state index contributed by atoms with van der Waals surface area (Å²) in [7, 11) is 0. The number of nitrogens with one attached hydrogen (secondary N) is 1. The first-order valence-corrected chi connectivity index (χ1v) is 10.8. The third-order valence-electron chi connectivity index (χ3n) is 6.43. The zero-order chi connectivity index (χ0) is 22.3. The number of urea groups is 1. The molecule has 32 heavy (non-hydrogen) atoms. The lowest BCUT2D eigenvalue weighted by atomic mass is 9.92. The smallest absolute Gasteiger partial charge is 0.325 e. The van der Waals surface area contributed by atoms with Gasteiger partial charge < -0.3 is 14.6 Å². The number of para-hydroxylation sites is 2. The lowest BCUT2D eigenvalue weighted by Gasteiger charge is -2.31. The Morgan fingerprint density at radius 3 is 2.50 bits per heavy atom. The van der Waals surface area contributed by atoms with E-state index in [4.69, 9.17) is 4.42 Å². The lowest BCUT2D eigenvalue weighted by Crippen LogP contribution is -2.46. The molecule has 4 amide bonds. The molecule has 3 aromatic rings. The van der Waals surface area contributed by atoms with E-state index in [9.17, 15) is 14.4 Å². The zero-order valence-corrected chi connectivity index (χ0v) is 17.8. The topological polar surface area (TPSA) is 95.8 Å². The van der Waals surface area contributed by atoms with Gasteiger partial charge in [-0.3, -0.25) is 14.5 Å². The van der Waals surface area contributed by atoms with Gasteiger partial charge in [-0.15, -0.1) is 0 Å². The van der Waals surface area contributed by atoms with E-state index in [0.717, 1.165) is 28.8 Å². The van der Waals surface area contributed by atoms with E-state index >= 15 is 0 Å². The number of nitrogens with zero attached hydrogens (tertiary/aromatic N) is 3. The van der Waals surface area contributed by atoms with Crippen molar-refractivity contribution in [3.05, 3.63) is 66.1 Å². The molecule has 2 aliphatic heterocycles. The number of imide groups is 1. The van der Waals surface area contributed by atoms with Crippen LogP contribution in [0.25, 0.3) is 11.1 Å². The van der Waals surface area contributed by atoms with Crippen molar-refractivity contribution >= 4 is 28.9 Å². The fraction of sp³-hybridized carbons (Fsp3) is 0.333. The summed E-state index contributed by atoms with van der Waals surface area (Å²) in [5, 5.41) is 2.74. The van der Waals surface area contributed by atoms with E-state index in [1.54, 1.807) is 24.0 Å². The molecule has 0 aliphatic carbocycles. The molecule has 8 heteroatoms. The van der Waals surface area contributed by atoms with Gasteiger partial charge in [-0.1, -0.05) is 42.5 Å². The molecule has 0 saturated carbocycles. The predicted molar refractivity (Wildman–Crippen MR) is 117 cm³/mol. The second-order valence-corrected chi connectivity index (χ2v) is 8.49. The molecule has 164 valence electrons. The summed E-state index contributed by atoms with van der Waals surface area (Å²) in [5.74, 6) is 0.195. The number of carbonyl (C=O) groups excluding carboxylic acids is 3. The van der Waals surface area contributed by atoms with E-state index in [1.165, 1.54) is 0 Å². The number of hydrogen-bond acceptors (Lipinski definition) is 5. The number of piperidine rings is 1.